The van der Waals surface area contributed by atoms with E-state index in [9.17, 15) is 26.3 Å². The minimum absolute atomic E-state index is 0.0814. The number of rotatable bonds is 5. The molecule has 0 rings (SSSR count). The van der Waals surface area contributed by atoms with Crippen LogP contribution in [0.4, 0.5) is 26.3 Å². The molecule has 0 bridgehead atoms. The Labute approximate surface area is 90.2 Å². The Kier molecular flexibility index (Phi) is 5.58. The van der Waals surface area contributed by atoms with Crippen molar-refractivity contribution in [3.63, 3.8) is 0 Å². The van der Waals surface area contributed by atoms with Crippen LogP contribution in [0.25, 0.3) is 0 Å². The average Bonchev–Trinajstić information content (AvgIpc) is 2.07. The zero-order valence-electron chi connectivity index (χ0n) is 9.04. The molecule has 1 unspecified atom stereocenters. The summed E-state index contributed by atoms with van der Waals surface area (Å²) in [4.78, 5) is 0. The van der Waals surface area contributed by atoms with Crippen molar-refractivity contribution in [2.24, 2.45) is 5.92 Å². The summed E-state index contributed by atoms with van der Waals surface area (Å²) in [6.07, 6.45) is -11.1. The lowest BCUT2D eigenvalue weighted by molar-refractivity contribution is -0.285. The van der Waals surface area contributed by atoms with Gasteiger partial charge in [0, 0.05) is 6.04 Å². The van der Waals surface area contributed by atoms with Crippen LogP contribution in [0, 0.1) is 5.92 Å². The second-order valence-corrected chi connectivity index (χ2v) is 3.76. The average molecular weight is 251 g/mol. The summed E-state index contributed by atoms with van der Waals surface area (Å²) in [7, 11) is 1.61. The lowest BCUT2D eigenvalue weighted by Crippen LogP contribution is -2.36. The van der Waals surface area contributed by atoms with E-state index < -0.39 is 24.7 Å². The topological polar surface area (TPSA) is 12.0 Å². The molecular weight excluding hydrogens is 236 g/mol. The van der Waals surface area contributed by atoms with Crippen LogP contribution in [-0.4, -0.2) is 25.4 Å². The summed E-state index contributed by atoms with van der Waals surface area (Å²) in [5.74, 6) is -3.20. The normalized spacial score (nSPS) is 15.6. The van der Waals surface area contributed by atoms with E-state index in [0.29, 0.717) is 6.42 Å². The predicted octanol–water partition coefficient (Wildman–Crippen LogP) is 3.51. The quantitative estimate of drug-likeness (QED) is 0.737. The number of alkyl halides is 6. The lowest BCUT2D eigenvalue weighted by Gasteiger charge is -2.23. The van der Waals surface area contributed by atoms with Gasteiger partial charge < -0.3 is 5.32 Å². The molecule has 0 heterocycles. The number of halogens is 6. The molecule has 0 saturated heterocycles. The van der Waals surface area contributed by atoms with Gasteiger partial charge in [0.25, 0.3) is 0 Å². The van der Waals surface area contributed by atoms with E-state index in [1.165, 1.54) is 0 Å². The second kappa shape index (κ2) is 5.75. The molecule has 0 fully saturated rings. The van der Waals surface area contributed by atoms with E-state index in [-0.39, 0.29) is 12.5 Å². The second-order valence-electron chi connectivity index (χ2n) is 3.76. The molecule has 0 aliphatic heterocycles. The summed E-state index contributed by atoms with van der Waals surface area (Å²) in [5, 5.41) is 2.75. The number of hydrogen-bond acceptors (Lipinski definition) is 1. The van der Waals surface area contributed by atoms with Gasteiger partial charge in [-0.15, -0.1) is 0 Å². The third kappa shape index (κ3) is 5.58. The molecule has 0 aromatic heterocycles. The van der Waals surface area contributed by atoms with Gasteiger partial charge in [0.1, 0.15) is 0 Å². The Balaban J connectivity index is 4.26. The third-order valence-corrected chi connectivity index (χ3v) is 2.41. The van der Waals surface area contributed by atoms with Crippen LogP contribution < -0.4 is 5.32 Å². The first-order valence-corrected chi connectivity index (χ1v) is 4.89. The molecule has 7 heteroatoms. The van der Waals surface area contributed by atoms with Crippen molar-refractivity contribution < 1.29 is 26.3 Å². The standard InChI is InChI=1S/C9H15F6N/c1-6(16-2)4-3-5-7(8(10,11)12)9(13,14)15/h6-7,16H,3-5H2,1-2H3. The van der Waals surface area contributed by atoms with Gasteiger partial charge in [0.2, 0.25) is 0 Å². The zero-order chi connectivity index (χ0) is 13.0. The zero-order valence-corrected chi connectivity index (χ0v) is 9.04. The SMILES string of the molecule is CNC(C)CCCC(C(F)(F)F)C(F)(F)F. The summed E-state index contributed by atoms with van der Waals surface area (Å²) in [6, 6.07) is -0.0814. The fraction of sp³-hybridized carbons (Fsp3) is 1.00. The smallest absolute Gasteiger partial charge is 0.317 e. The van der Waals surface area contributed by atoms with E-state index in [4.69, 9.17) is 0 Å². The Hall–Kier alpha value is -0.460. The molecule has 1 N–H and O–H groups in total. The highest BCUT2D eigenvalue weighted by molar-refractivity contribution is 4.75. The number of hydrogen-bond donors (Lipinski definition) is 1. The fourth-order valence-corrected chi connectivity index (χ4v) is 1.29. The molecule has 0 aromatic carbocycles. The fourth-order valence-electron chi connectivity index (χ4n) is 1.29. The van der Waals surface area contributed by atoms with Gasteiger partial charge >= 0.3 is 12.4 Å². The molecule has 1 nitrogen and oxygen atoms in total. The molecule has 1 atom stereocenters. The minimum Gasteiger partial charge on any atom is -0.317 e. The highest BCUT2D eigenvalue weighted by Gasteiger charge is 2.55. The van der Waals surface area contributed by atoms with Crippen LogP contribution in [0.3, 0.4) is 0 Å². The van der Waals surface area contributed by atoms with Crippen LogP contribution in [0.1, 0.15) is 26.2 Å². The molecular formula is C9H15F6N. The van der Waals surface area contributed by atoms with Crippen LogP contribution >= 0.6 is 0 Å². The van der Waals surface area contributed by atoms with Crippen LogP contribution in [-0.2, 0) is 0 Å². The minimum atomic E-state index is -5.21. The van der Waals surface area contributed by atoms with E-state index in [2.05, 4.69) is 5.32 Å². The van der Waals surface area contributed by atoms with Crippen molar-refractivity contribution in [1.82, 2.24) is 5.32 Å². The van der Waals surface area contributed by atoms with Gasteiger partial charge in [-0.3, -0.25) is 0 Å². The first-order chi connectivity index (χ1) is 7.09. The van der Waals surface area contributed by atoms with Crippen LogP contribution in [0.5, 0.6) is 0 Å². The molecule has 0 aliphatic carbocycles. The molecule has 0 aromatic rings. The van der Waals surface area contributed by atoms with Gasteiger partial charge in [-0.2, -0.15) is 26.3 Å². The molecule has 98 valence electrons. The Bertz CT molecular complexity index is 183. The third-order valence-electron chi connectivity index (χ3n) is 2.41. The monoisotopic (exact) mass is 251 g/mol. The molecule has 0 spiro atoms. The first kappa shape index (κ1) is 15.5. The van der Waals surface area contributed by atoms with Crippen molar-refractivity contribution in [3.05, 3.63) is 0 Å². The van der Waals surface area contributed by atoms with Gasteiger partial charge in [-0.1, -0.05) is 6.42 Å². The van der Waals surface area contributed by atoms with Crippen LogP contribution in [0.15, 0.2) is 0 Å². The molecule has 0 saturated carbocycles. The van der Waals surface area contributed by atoms with Gasteiger partial charge in [-0.05, 0) is 26.8 Å². The number of nitrogens with one attached hydrogen (secondary N) is 1. The van der Waals surface area contributed by atoms with Crippen molar-refractivity contribution in [2.45, 2.75) is 44.6 Å². The maximum atomic E-state index is 12.1. The summed E-state index contributed by atoms with van der Waals surface area (Å²) >= 11 is 0. The maximum absolute atomic E-state index is 12.1. The van der Waals surface area contributed by atoms with Gasteiger partial charge in [0.05, 0.1) is 0 Å². The summed E-state index contributed by atoms with van der Waals surface area (Å²) in [5.41, 5.74) is 0. The first-order valence-electron chi connectivity index (χ1n) is 4.89. The van der Waals surface area contributed by atoms with Gasteiger partial charge in [0.15, 0.2) is 5.92 Å². The Morgan fingerprint density at radius 1 is 0.938 bits per heavy atom. The lowest BCUT2D eigenvalue weighted by atomic mass is 9.99. The van der Waals surface area contributed by atoms with E-state index >= 15 is 0 Å². The molecule has 0 aliphatic rings. The van der Waals surface area contributed by atoms with Gasteiger partial charge in [-0.25, -0.2) is 0 Å². The maximum Gasteiger partial charge on any atom is 0.400 e. The van der Waals surface area contributed by atoms with Crippen molar-refractivity contribution in [2.75, 3.05) is 7.05 Å². The van der Waals surface area contributed by atoms with Crippen LogP contribution in [0.2, 0.25) is 0 Å². The highest BCUT2D eigenvalue weighted by atomic mass is 19.4. The largest absolute Gasteiger partial charge is 0.400 e. The molecule has 0 amide bonds. The Morgan fingerprint density at radius 2 is 1.38 bits per heavy atom. The van der Waals surface area contributed by atoms with E-state index in [0.717, 1.165) is 0 Å². The van der Waals surface area contributed by atoms with E-state index in [1.807, 2.05) is 0 Å². The summed E-state index contributed by atoms with van der Waals surface area (Å²) < 4.78 is 72.5. The molecule has 0 radical (unpaired) electrons. The van der Waals surface area contributed by atoms with E-state index in [1.54, 1.807) is 14.0 Å². The Morgan fingerprint density at radius 3 is 1.69 bits per heavy atom. The summed E-state index contributed by atoms with van der Waals surface area (Å²) in [6.45, 7) is 1.70. The van der Waals surface area contributed by atoms with Crippen molar-refractivity contribution in [3.8, 4) is 0 Å². The molecule has 16 heavy (non-hydrogen) atoms. The highest BCUT2D eigenvalue weighted by Crippen LogP contribution is 2.42. The predicted molar refractivity (Wildman–Crippen MR) is 48.0 cm³/mol. The van der Waals surface area contributed by atoms with Crippen molar-refractivity contribution >= 4 is 0 Å². The van der Waals surface area contributed by atoms with Crippen molar-refractivity contribution in [1.29, 1.82) is 0 Å².